The summed E-state index contributed by atoms with van der Waals surface area (Å²) < 4.78 is 7.67. The second kappa shape index (κ2) is 11.1. The minimum Gasteiger partial charge on any atom is -0.378 e. The van der Waals surface area contributed by atoms with Crippen molar-refractivity contribution in [3.8, 4) is 11.3 Å². The fourth-order valence-electron chi connectivity index (χ4n) is 6.63. The van der Waals surface area contributed by atoms with Gasteiger partial charge in [0.15, 0.2) is 0 Å². The molecule has 7 rings (SSSR count). The van der Waals surface area contributed by atoms with Gasteiger partial charge in [-0.1, -0.05) is 66.7 Å². The van der Waals surface area contributed by atoms with Gasteiger partial charge in [0.2, 0.25) is 5.91 Å². The van der Waals surface area contributed by atoms with E-state index in [1.54, 1.807) is 4.90 Å². The predicted molar refractivity (Wildman–Crippen MR) is 170 cm³/mol. The number of hydrogen-bond donors (Lipinski definition) is 1. The van der Waals surface area contributed by atoms with Crippen molar-refractivity contribution in [2.24, 2.45) is 7.05 Å². The van der Waals surface area contributed by atoms with Crippen molar-refractivity contribution in [2.45, 2.75) is 19.0 Å². The number of morpholine rings is 1. The lowest BCUT2D eigenvalue weighted by molar-refractivity contribution is -0.120. The zero-order chi connectivity index (χ0) is 29.5. The van der Waals surface area contributed by atoms with Gasteiger partial charge in [0.05, 0.1) is 24.9 Å². The molecule has 216 valence electrons. The van der Waals surface area contributed by atoms with Crippen LogP contribution in [0.4, 0.5) is 11.4 Å². The van der Waals surface area contributed by atoms with Crippen LogP contribution in [0.3, 0.4) is 0 Å². The number of ether oxygens (including phenoxy) is 1. The first-order valence-corrected chi connectivity index (χ1v) is 14.8. The third-order valence-corrected chi connectivity index (χ3v) is 8.77. The molecule has 0 saturated carbocycles. The molecule has 43 heavy (non-hydrogen) atoms. The van der Waals surface area contributed by atoms with Gasteiger partial charge in [-0.05, 0) is 54.4 Å². The van der Waals surface area contributed by atoms with Crippen molar-refractivity contribution in [3.05, 3.63) is 120 Å². The minimum atomic E-state index is -0.730. The molecular weight excluding hydrogens is 536 g/mol. The topological polar surface area (TPSA) is 66.8 Å². The normalized spacial score (nSPS) is 17.3. The number of carbonyl (C=O) groups excluding carboxylic acids is 2. The summed E-state index contributed by atoms with van der Waals surface area (Å²) in [5.41, 5.74) is 7.54. The predicted octanol–water partition coefficient (Wildman–Crippen LogP) is 6.25. The molecule has 2 unspecified atom stereocenters. The van der Waals surface area contributed by atoms with Crippen LogP contribution in [-0.2, 0) is 16.6 Å². The Morgan fingerprint density at radius 3 is 2.30 bits per heavy atom. The minimum absolute atomic E-state index is 0.141. The molecule has 4 aromatic carbocycles. The Bertz CT molecular complexity index is 1810. The van der Waals surface area contributed by atoms with Crippen molar-refractivity contribution in [1.82, 2.24) is 9.47 Å². The molecule has 0 bridgehead atoms. The van der Waals surface area contributed by atoms with E-state index in [1.165, 1.54) is 0 Å². The summed E-state index contributed by atoms with van der Waals surface area (Å²) in [6.07, 6.45) is 0. The number of hydrogen-bond acceptors (Lipinski definition) is 4. The maximum absolute atomic E-state index is 14.1. The zero-order valence-corrected chi connectivity index (χ0v) is 24.4. The highest BCUT2D eigenvalue weighted by Crippen LogP contribution is 2.47. The largest absolute Gasteiger partial charge is 0.378 e. The summed E-state index contributed by atoms with van der Waals surface area (Å²) >= 11 is 0. The maximum atomic E-state index is 14.1. The van der Waals surface area contributed by atoms with Gasteiger partial charge >= 0.3 is 0 Å². The average molecular weight is 571 g/mol. The number of aryl methyl sites for hydroxylation is 1. The maximum Gasteiger partial charge on any atom is 0.255 e. The Hall–Kier alpha value is -4.88. The number of amides is 2. The Kier molecular flexibility index (Phi) is 6.95. The number of rotatable bonds is 6. The second-order valence-corrected chi connectivity index (χ2v) is 11.2. The summed E-state index contributed by atoms with van der Waals surface area (Å²) in [5.74, 6) is -0.371. The molecule has 7 heteroatoms. The van der Waals surface area contributed by atoms with Gasteiger partial charge in [0.1, 0.15) is 6.04 Å². The number of benzene rings is 4. The molecule has 0 radical (unpaired) electrons. The molecule has 2 aliphatic rings. The molecule has 3 heterocycles. The first-order chi connectivity index (χ1) is 21.0. The molecular formula is C36H34N4O3. The van der Waals surface area contributed by atoms with Crippen LogP contribution in [0.15, 0.2) is 103 Å². The van der Waals surface area contributed by atoms with Gasteiger partial charge in [-0.15, -0.1) is 0 Å². The molecule has 2 atom stereocenters. The molecule has 1 N–H and O–H groups in total. The van der Waals surface area contributed by atoms with E-state index in [2.05, 4.69) is 46.1 Å². The van der Waals surface area contributed by atoms with E-state index in [0.717, 1.165) is 52.1 Å². The van der Waals surface area contributed by atoms with Crippen molar-refractivity contribution in [1.29, 1.82) is 0 Å². The van der Waals surface area contributed by atoms with Crippen LogP contribution in [0.1, 0.15) is 34.5 Å². The first-order valence-electron chi connectivity index (χ1n) is 14.8. The Morgan fingerprint density at radius 2 is 1.53 bits per heavy atom. The summed E-state index contributed by atoms with van der Waals surface area (Å²) in [6.45, 7) is 4.95. The zero-order valence-electron chi connectivity index (χ0n) is 24.4. The van der Waals surface area contributed by atoms with Gasteiger partial charge in [0, 0.05) is 53.5 Å². The summed E-state index contributed by atoms with van der Waals surface area (Å²) in [7, 11) is 2.07. The molecule has 2 aliphatic heterocycles. The third-order valence-electron chi connectivity index (χ3n) is 8.77. The number of nitrogens with zero attached hydrogens (tertiary/aromatic N) is 3. The van der Waals surface area contributed by atoms with Crippen LogP contribution >= 0.6 is 0 Å². The van der Waals surface area contributed by atoms with Crippen LogP contribution in [0.25, 0.3) is 22.2 Å². The monoisotopic (exact) mass is 570 g/mol. The van der Waals surface area contributed by atoms with Gasteiger partial charge in [-0.3, -0.25) is 9.59 Å². The molecule has 7 nitrogen and oxygen atoms in total. The highest BCUT2D eigenvalue weighted by molar-refractivity contribution is 6.06. The average Bonchev–Trinajstić information content (AvgIpc) is 3.52. The molecule has 1 aromatic heterocycles. The smallest absolute Gasteiger partial charge is 0.255 e. The molecule has 1 saturated heterocycles. The van der Waals surface area contributed by atoms with E-state index in [-0.39, 0.29) is 11.8 Å². The van der Waals surface area contributed by atoms with E-state index < -0.39 is 12.1 Å². The first kappa shape index (κ1) is 27.0. The number of nitrogens with one attached hydrogen (secondary N) is 1. The summed E-state index contributed by atoms with van der Waals surface area (Å²) in [5, 5.41) is 4.14. The Labute approximate surface area is 251 Å². The SMILES string of the molecule is CC(C(=O)Nc1ccc(N2CCOCC2)cc1)N1C(=O)c2ccccc2C1c1c(-c2ccccc2)n(C)c2ccccc12. The molecule has 0 aliphatic carbocycles. The Balaban J connectivity index is 1.28. The summed E-state index contributed by atoms with van der Waals surface area (Å²) in [4.78, 5) is 32.0. The fourth-order valence-corrected chi connectivity index (χ4v) is 6.63. The van der Waals surface area contributed by atoms with E-state index in [1.807, 2.05) is 85.8 Å². The number of fused-ring (bicyclic) bond motifs is 2. The quantitative estimate of drug-likeness (QED) is 0.262. The van der Waals surface area contributed by atoms with Crippen LogP contribution in [-0.4, -0.2) is 53.6 Å². The van der Waals surface area contributed by atoms with Crippen LogP contribution < -0.4 is 10.2 Å². The van der Waals surface area contributed by atoms with Crippen molar-refractivity contribution >= 4 is 34.1 Å². The van der Waals surface area contributed by atoms with Crippen molar-refractivity contribution in [3.63, 3.8) is 0 Å². The lowest BCUT2D eigenvalue weighted by atomic mass is 9.92. The number of anilines is 2. The Morgan fingerprint density at radius 1 is 0.860 bits per heavy atom. The van der Waals surface area contributed by atoms with Crippen LogP contribution in [0.5, 0.6) is 0 Å². The van der Waals surface area contributed by atoms with Crippen LogP contribution in [0, 0.1) is 0 Å². The molecule has 1 fully saturated rings. The van der Waals surface area contributed by atoms with Gasteiger partial charge < -0.3 is 24.4 Å². The third kappa shape index (κ3) is 4.66. The molecule has 2 amide bonds. The van der Waals surface area contributed by atoms with Gasteiger partial charge in [-0.25, -0.2) is 0 Å². The number of aromatic nitrogens is 1. The van der Waals surface area contributed by atoms with Gasteiger partial charge in [-0.2, -0.15) is 0 Å². The lowest BCUT2D eigenvalue weighted by Gasteiger charge is -2.31. The highest BCUT2D eigenvalue weighted by atomic mass is 16.5. The number of carbonyl (C=O) groups is 2. The highest BCUT2D eigenvalue weighted by Gasteiger charge is 2.44. The van der Waals surface area contributed by atoms with E-state index >= 15 is 0 Å². The van der Waals surface area contributed by atoms with Crippen LogP contribution in [0.2, 0.25) is 0 Å². The van der Waals surface area contributed by atoms with E-state index in [9.17, 15) is 9.59 Å². The molecule has 5 aromatic rings. The van der Waals surface area contributed by atoms with Crippen molar-refractivity contribution < 1.29 is 14.3 Å². The summed E-state index contributed by atoms with van der Waals surface area (Å²) in [6, 6.07) is 33.0. The second-order valence-electron chi connectivity index (χ2n) is 11.2. The lowest BCUT2D eigenvalue weighted by Crippen LogP contribution is -2.44. The van der Waals surface area contributed by atoms with Gasteiger partial charge in [0.25, 0.3) is 5.91 Å². The molecule has 0 spiro atoms. The fraction of sp³-hybridized carbons (Fsp3) is 0.222. The van der Waals surface area contributed by atoms with E-state index in [4.69, 9.17) is 4.74 Å². The number of para-hydroxylation sites is 1. The van der Waals surface area contributed by atoms with E-state index in [0.29, 0.717) is 24.5 Å². The van der Waals surface area contributed by atoms with Crippen molar-refractivity contribution in [2.75, 3.05) is 36.5 Å². The standard InChI is InChI=1S/C36H34N4O3/c1-24(35(41)37-26-16-18-27(19-17-26)39-20-22-43-23-21-39)40-34(28-12-6-7-13-29(28)36(40)42)32-30-14-8-9-15-31(30)38(2)33(32)25-10-4-3-5-11-25/h3-19,24,34H,20-23H2,1-2H3,(H,37,41).